The molecule has 0 aliphatic rings. The zero-order valence-corrected chi connectivity index (χ0v) is 61.3. The molecule has 20 nitrogen and oxygen atoms in total. The van der Waals surface area contributed by atoms with E-state index in [-0.39, 0.29) is 106 Å². The zero-order valence-electron chi connectivity index (χ0n) is 61.3. The van der Waals surface area contributed by atoms with E-state index in [2.05, 4.69) is 64.5 Å². The Balaban J connectivity index is 0.00000655. The maximum absolute atomic E-state index is 14.5. The van der Waals surface area contributed by atoms with Crippen LogP contribution < -0.4 is 43.4 Å². The Labute approximate surface area is 603 Å². The van der Waals surface area contributed by atoms with Crippen molar-refractivity contribution in [2.45, 2.75) is 283 Å². The molecule has 0 unspecified atom stereocenters. The third kappa shape index (κ3) is 52.7. The molecule has 580 valence electrons. The second-order valence-corrected chi connectivity index (χ2v) is 25.9. The molecule has 0 aromatic heterocycles. The van der Waals surface area contributed by atoms with Crippen molar-refractivity contribution in [2.24, 2.45) is 11.5 Å². The topological polar surface area (TPSA) is 322 Å². The van der Waals surface area contributed by atoms with Gasteiger partial charge in [-0.25, -0.2) is 9.59 Å². The minimum absolute atomic E-state index is 0.0514. The lowest BCUT2D eigenvalue weighted by Crippen LogP contribution is -2.50. The summed E-state index contributed by atoms with van der Waals surface area (Å²) in [5, 5.41) is 32.3. The number of carboxylic acids is 2. The lowest BCUT2D eigenvalue weighted by Gasteiger charge is -2.35. The van der Waals surface area contributed by atoms with Crippen molar-refractivity contribution in [1.82, 2.24) is 36.8 Å². The van der Waals surface area contributed by atoms with Crippen molar-refractivity contribution in [3.05, 3.63) is 70.8 Å². The second-order valence-electron chi connectivity index (χ2n) is 25.9. The van der Waals surface area contributed by atoms with Crippen LogP contribution in [0.25, 0.3) is 0 Å². The van der Waals surface area contributed by atoms with E-state index in [1.165, 1.54) is 140 Å². The number of benzene rings is 2. The van der Waals surface area contributed by atoms with Crippen molar-refractivity contribution in [3.63, 3.8) is 0 Å². The second kappa shape index (κ2) is 60.2. The molecule has 2 rings (SSSR count). The summed E-state index contributed by atoms with van der Waals surface area (Å²) in [7, 11) is 0. The molecule has 0 saturated heterocycles. The van der Waals surface area contributed by atoms with Crippen molar-refractivity contribution in [2.75, 3.05) is 58.9 Å². The van der Waals surface area contributed by atoms with Crippen LogP contribution in [-0.2, 0) is 33.6 Å². The molecule has 0 spiro atoms. The Morgan fingerprint density at radius 3 is 0.882 bits per heavy atom. The number of unbranched alkanes of at least 4 members (excludes halogenated alkanes) is 27. The number of alkyl halides is 6. The third-order valence-corrected chi connectivity index (χ3v) is 17.0. The molecular formula is C76H123F6N9O11. The van der Waals surface area contributed by atoms with E-state index in [9.17, 15) is 59.9 Å². The summed E-state index contributed by atoms with van der Waals surface area (Å²) in [5.41, 5.74) is 12.1. The van der Waals surface area contributed by atoms with Crippen LogP contribution in [0.2, 0.25) is 0 Å². The van der Waals surface area contributed by atoms with Gasteiger partial charge < -0.3 is 58.5 Å². The molecule has 0 atom stereocenters. The van der Waals surface area contributed by atoms with Gasteiger partial charge in [-0.15, -0.1) is 0 Å². The maximum Gasteiger partial charge on any atom is 0.490 e. The van der Waals surface area contributed by atoms with Gasteiger partial charge >= 0.3 is 24.3 Å². The lowest BCUT2D eigenvalue weighted by atomic mass is 9.82. The van der Waals surface area contributed by atoms with E-state index < -0.39 is 29.8 Å². The quantitative estimate of drug-likeness (QED) is 0.0168. The Hall–Kier alpha value is -7.27. The number of nitrogens with two attached hydrogens (primary N) is 2. The molecule has 2 aromatic rings. The van der Waals surface area contributed by atoms with Crippen molar-refractivity contribution in [1.29, 1.82) is 0 Å². The molecule has 102 heavy (non-hydrogen) atoms. The van der Waals surface area contributed by atoms with Crippen molar-refractivity contribution >= 4 is 53.3 Å². The molecule has 26 heteroatoms. The number of carboxylic acid groups (broad SMARTS) is 2. The first kappa shape index (κ1) is 94.7. The van der Waals surface area contributed by atoms with Gasteiger partial charge in [0.2, 0.25) is 29.5 Å². The van der Waals surface area contributed by atoms with E-state index >= 15 is 0 Å². The van der Waals surface area contributed by atoms with E-state index in [1.807, 2.05) is 0 Å². The first-order valence-electron chi connectivity index (χ1n) is 37.5. The van der Waals surface area contributed by atoms with Crippen LogP contribution in [0.3, 0.4) is 0 Å². The molecule has 0 heterocycles. The molecule has 0 radical (unpaired) electrons. The van der Waals surface area contributed by atoms with Crippen molar-refractivity contribution in [3.8, 4) is 11.8 Å². The van der Waals surface area contributed by atoms with Gasteiger partial charge in [0, 0.05) is 119 Å². The smallest absolute Gasteiger partial charge is 0.475 e. The largest absolute Gasteiger partial charge is 0.490 e. The van der Waals surface area contributed by atoms with Crippen LogP contribution in [0.4, 0.5) is 26.3 Å². The van der Waals surface area contributed by atoms with Gasteiger partial charge in [-0.05, 0) is 87.1 Å². The summed E-state index contributed by atoms with van der Waals surface area (Å²) in [6, 6.07) is 13.7. The first-order chi connectivity index (χ1) is 48.8. The fraction of sp³-hybridized carbons (Fsp3) is 0.697. The van der Waals surface area contributed by atoms with E-state index in [4.69, 9.17) is 31.3 Å². The Morgan fingerprint density at radius 1 is 0.373 bits per heavy atom. The van der Waals surface area contributed by atoms with Crippen LogP contribution in [0.15, 0.2) is 48.5 Å². The number of hydrogen-bond acceptors (Lipinski definition) is 11. The van der Waals surface area contributed by atoms with Crippen LogP contribution in [0.5, 0.6) is 0 Å². The average molecular weight is 1450 g/mol. The van der Waals surface area contributed by atoms with E-state index in [0.29, 0.717) is 68.1 Å². The van der Waals surface area contributed by atoms with Gasteiger partial charge in [0.25, 0.3) is 11.8 Å². The fourth-order valence-corrected chi connectivity index (χ4v) is 10.8. The van der Waals surface area contributed by atoms with Gasteiger partial charge in [-0.2, -0.15) is 26.3 Å². The zero-order chi connectivity index (χ0) is 76.1. The molecular weight excluding hydrogens is 1330 g/mol. The maximum atomic E-state index is 14.5. The van der Waals surface area contributed by atoms with Crippen molar-refractivity contribution < 1.29 is 79.7 Å². The predicted molar refractivity (Wildman–Crippen MR) is 388 cm³/mol. The number of amides is 7. The minimum Gasteiger partial charge on any atom is -0.475 e. The Morgan fingerprint density at radius 2 is 0.618 bits per heavy atom. The van der Waals surface area contributed by atoms with Gasteiger partial charge in [-0.3, -0.25) is 33.6 Å². The predicted octanol–water partition coefficient (Wildman–Crippen LogP) is 13.6. The number of nitrogens with zero attached hydrogens (tertiary/aromatic N) is 1. The van der Waals surface area contributed by atoms with Crippen LogP contribution in [0, 0.1) is 11.8 Å². The van der Waals surface area contributed by atoms with Gasteiger partial charge in [-0.1, -0.05) is 206 Å². The number of carbonyl (C=O) groups is 9. The third-order valence-electron chi connectivity index (χ3n) is 17.0. The summed E-state index contributed by atoms with van der Waals surface area (Å²) < 4.78 is 63.5. The fourth-order valence-electron chi connectivity index (χ4n) is 10.8. The Kier molecular flexibility index (Phi) is 55.9. The normalized spacial score (nSPS) is 11.1. The number of hydrogen-bond donors (Lipinski definition) is 10. The molecule has 2 aromatic carbocycles. The number of halogens is 6. The highest BCUT2D eigenvalue weighted by Gasteiger charge is 2.39. The number of rotatable bonds is 55. The van der Waals surface area contributed by atoms with Crippen LogP contribution >= 0.6 is 0 Å². The molecule has 0 saturated carbocycles. The highest BCUT2D eigenvalue weighted by Crippen LogP contribution is 2.28. The standard InChI is InChI=1S/C72H121N9O7.2C2HF3O2/c1-4-7-10-13-16-19-22-25-28-31-54-75-65(82)44-49-72(50-45-66(83)76-55-32-29-26-23-20-17-14-11-8-5-2,51-46-67(84)77-56-33-30-27-24-21-18-15-12-9-6-3)80-70(87)63-40-36-61(37-41-63)34-35-62-38-42-64(43-39-62)71(88)81(59-47-68(85)78-57-52-73)60-48-69(86)79-58-53-74;2*3-2(4,5)1(6)7/h36-43H,4-33,44-60,73-74H2,1-3H3,(H,75,82)(H,76,83)(H,77,84)(H,78,85)(H,79,86)(H,80,87);2*(H,6,7). The minimum atomic E-state index is -5.08. The summed E-state index contributed by atoms with van der Waals surface area (Å²) >= 11 is 0. The molecule has 0 aliphatic carbocycles. The van der Waals surface area contributed by atoms with Gasteiger partial charge in [0.15, 0.2) is 0 Å². The summed E-state index contributed by atoms with van der Waals surface area (Å²) in [6.45, 7) is 9.90. The van der Waals surface area contributed by atoms with E-state index in [0.717, 1.165) is 57.8 Å². The van der Waals surface area contributed by atoms with Gasteiger partial charge in [0.05, 0.1) is 0 Å². The monoisotopic (exact) mass is 1450 g/mol. The van der Waals surface area contributed by atoms with Crippen LogP contribution in [-0.4, -0.2) is 145 Å². The highest BCUT2D eigenvalue weighted by molar-refractivity contribution is 5.96. The molecule has 12 N–H and O–H groups in total. The Bertz CT molecular complexity index is 2540. The molecule has 0 bridgehead atoms. The summed E-state index contributed by atoms with van der Waals surface area (Å²) in [6.07, 6.45) is 27.1. The highest BCUT2D eigenvalue weighted by atomic mass is 19.4. The van der Waals surface area contributed by atoms with E-state index in [1.54, 1.807) is 48.5 Å². The SMILES string of the molecule is CCCCCCCCCCCCNC(=O)CCC(CCC(=O)NCCCCCCCCCCCC)(CCC(=O)NCCCCCCCCCCCC)NC(=O)c1ccc(C#Cc2ccc(C(=O)N(CCC(=O)NCCN)CCC(=O)NCCN)cc2)cc1.O=C(O)C(F)(F)F.O=C(O)C(F)(F)F. The summed E-state index contributed by atoms with van der Waals surface area (Å²) in [5.74, 6) is -0.754. The number of nitrogens with one attached hydrogen (secondary N) is 6. The molecule has 0 fully saturated rings. The first-order valence-corrected chi connectivity index (χ1v) is 37.5. The lowest BCUT2D eigenvalue weighted by molar-refractivity contribution is -0.193. The number of aliphatic carboxylic acids is 2. The van der Waals surface area contributed by atoms with Gasteiger partial charge in [0.1, 0.15) is 0 Å². The summed E-state index contributed by atoms with van der Waals surface area (Å²) in [4.78, 5) is 113. The molecule has 0 aliphatic heterocycles. The molecule has 7 amide bonds. The number of carbonyl (C=O) groups excluding carboxylic acids is 7. The van der Waals surface area contributed by atoms with Crippen LogP contribution in [0.1, 0.15) is 297 Å². The average Bonchev–Trinajstić information content (AvgIpc) is 0.836.